The van der Waals surface area contributed by atoms with E-state index >= 15 is 0 Å². The van der Waals surface area contributed by atoms with E-state index in [-0.39, 0.29) is 5.69 Å². The maximum Gasteiger partial charge on any atom is 0.276 e. The molecule has 0 aliphatic rings. The summed E-state index contributed by atoms with van der Waals surface area (Å²) in [7, 11) is 0. The minimum absolute atomic E-state index is 0.00436. The highest BCUT2D eigenvalue weighted by atomic mass is 35.5. The maximum atomic E-state index is 10.8. The molecule has 1 aromatic carbocycles. The van der Waals surface area contributed by atoms with Gasteiger partial charge >= 0.3 is 0 Å². The fourth-order valence-electron chi connectivity index (χ4n) is 1.40. The van der Waals surface area contributed by atoms with E-state index in [0.717, 1.165) is 0 Å². The minimum atomic E-state index is -0.448. The van der Waals surface area contributed by atoms with Crippen molar-refractivity contribution in [2.75, 3.05) is 0 Å². The smallest absolute Gasteiger partial charge is 0.258 e. The number of hydrogen-bond donors (Lipinski definition) is 0. The number of hydrogen-bond acceptors (Lipinski definition) is 4. The van der Waals surface area contributed by atoms with Gasteiger partial charge in [0, 0.05) is 17.3 Å². The first-order chi connectivity index (χ1) is 8.66. The Hall–Kier alpha value is -2.27. The zero-order valence-corrected chi connectivity index (χ0v) is 9.91. The average molecular weight is 262 g/mol. The second kappa shape index (κ2) is 5.37. The van der Waals surface area contributed by atoms with Crippen molar-refractivity contribution in [1.82, 2.24) is 9.97 Å². The topological polar surface area (TPSA) is 68.9 Å². The van der Waals surface area contributed by atoms with Gasteiger partial charge in [-0.25, -0.2) is 9.97 Å². The molecule has 0 atom stereocenters. The van der Waals surface area contributed by atoms with E-state index < -0.39 is 4.92 Å². The SMILES string of the molecule is O=[N+]([O-])c1ccc(Cl)cc1/C=C/c1ccncn1. The van der Waals surface area contributed by atoms with Gasteiger partial charge in [0.15, 0.2) is 0 Å². The molecule has 0 fully saturated rings. The molecule has 0 unspecified atom stereocenters. The highest BCUT2D eigenvalue weighted by Gasteiger charge is 2.11. The van der Waals surface area contributed by atoms with E-state index in [1.165, 1.54) is 24.5 Å². The molecule has 0 N–H and O–H groups in total. The van der Waals surface area contributed by atoms with Gasteiger partial charge in [0.05, 0.1) is 16.2 Å². The number of halogens is 1. The van der Waals surface area contributed by atoms with Crippen molar-refractivity contribution in [3.05, 3.63) is 63.2 Å². The van der Waals surface area contributed by atoms with Crippen LogP contribution in [0.1, 0.15) is 11.3 Å². The summed E-state index contributed by atoms with van der Waals surface area (Å²) in [4.78, 5) is 18.2. The largest absolute Gasteiger partial charge is 0.276 e. The van der Waals surface area contributed by atoms with Gasteiger partial charge in [0.1, 0.15) is 6.33 Å². The quantitative estimate of drug-likeness (QED) is 0.628. The summed E-state index contributed by atoms with van der Waals surface area (Å²) in [5, 5.41) is 11.3. The van der Waals surface area contributed by atoms with Crippen LogP contribution < -0.4 is 0 Å². The molecule has 90 valence electrons. The van der Waals surface area contributed by atoms with Gasteiger partial charge < -0.3 is 0 Å². The molecule has 0 saturated heterocycles. The van der Waals surface area contributed by atoms with Crippen molar-refractivity contribution in [2.45, 2.75) is 0 Å². The van der Waals surface area contributed by atoms with Crippen LogP contribution in [-0.2, 0) is 0 Å². The fourth-order valence-corrected chi connectivity index (χ4v) is 1.58. The van der Waals surface area contributed by atoms with Crippen LogP contribution in [0.4, 0.5) is 5.69 Å². The van der Waals surface area contributed by atoms with Crippen molar-refractivity contribution >= 4 is 29.4 Å². The number of nitrogens with zero attached hydrogens (tertiary/aromatic N) is 3. The van der Waals surface area contributed by atoms with E-state index in [2.05, 4.69) is 9.97 Å². The number of nitro groups is 1. The fraction of sp³-hybridized carbons (Fsp3) is 0. The van der Waals surface area contributed by atoms with Crippen LogP contribution in [0.25, 0.3) is 12.2 Å². The van der Waals surface area contributed by atoms with Crippen LogP contribution in [0.15, 0.2) is 36.8 Å². The van der Waals surface area contributed by atoms with Crippen molar-refractivity contribution in [2.24, 2.45) is 0 Å². The zero-order valence-electron chi connectivity index (χ0n) is 9.15. The summed E-state index contributed by atoms with van der Waals surface area (Å²) in [6, 6.07) is 6.11. The molecular weight excluding hydrogens is 254 g/mol. The lowest BCUT2D eigenvalue weighted by Crippen LogP contribution is -1.91. The Balaban J connectivity index is 2.36. The van der Waals surface area contributed by atoms with E-state index in [1.807, 2.05) is 0 Å². The number of nitro benzene ring substituents is 1. The Morgan fingerprint density at radius 2 is 2.11 bits per heavy atom. The minimum Gasteiger partial charge on any atom is -0.258 e. The zero-order chi connectivity index (χ0) is 13.0. The Kier molecular flexibility index (Phi) is 3.64. The Morgan fingerprint density at radius 1 is 1.28 bits per heavy atom. The standard InChI is InChI=1S/C12H8ClN3O2/c13-10-2-4-12(16(17)18)9(7-10)1-3-11-5-6-14-8-15-11/h1-8H/b3-1+. The normalized spacial score (nSPS) is 10.7. The Bertz CT molecular complexity index is 600. The van der Waals surface area contributed by atoms with Crippen LogP contribution in [-0.4, -0.2) is 14.9 Å². The highest BCUT2D eigenvalue weighted by molar-refractivity contribution is 6.30. The first-order valence-corrected chi connectivity index (χ1v) is 5.42. The van der Waals surface area contributed by atoms with E-state index in [1.54, 1.807) is 24.4 Å². The first kappa shape index (κ1) is 12.2. The summed E-state index contributed by atoms with van der Waals surface area (Å²) in [6.45, 7) is 0. The third kappa shape index (κ3) is 2.89. The predicted molar refractivity (Wildman–Crippen MR) is 69.1 cm³/mol. The summed E-state index contributed by atoms with van der Waals surface area (Å²) in [6.07, 6.45) is 6.28. The highest BCUT2D eigenvalue weighted by Crippen LogP contribution is 2.24. The van der Waals surface area contributed by atoms with Crippen LogP contribution in [0.2, 0.25) is 5.02 Å². The molecule has 0 bridgehead atoms. The molecule has 0 radical (unpaired) electrons. The number of aromatic nitrogens is 2. The first-order valence-electron chi connectivity index (χ1n) is 5.05. The molecule has 2 rings (SSSR count). The Labute approximate surface area is 108 Å². The van der Waals surface area contributed by atoms with E-state index in [4.69, 9.17) is 11.6 Å². The van der Waals surface area contributed by atoms with E-state index in [9.17, 15) is 10.1 Å². The van der Waals surface area contributed by atoms with Crippen LogP contribution in [0.5, 0.6) is 0 Å². The Morgan fingerprint density at radius 3 is 2.78 bits per heavy atom. The molecule has 5 nitrogen and oxygen atoms in total. The van der Waals surface area contributed by atoms with E-state index in [0.29, 0.717) is 16.3 Å². The third-order valence-electron chi connectivity index (χ3n) is 2.22. The van der Waals surface area contributed by atoms with Crippen LogP contribution >= 0.6 is 11.6 Å². The van der Waals surface area contributed by atoms with Crippen molar-refractivity contribution in [1.29, 1.82) is 0 Å². The maximum absolute atomic E-state index is 10.8. The monoisotopic (exact) mass is 261 g/mol. The third-order valence-corrected chi connectivity index (χ3v) is 2.46. The molecule has 2 aromatic rings. The van der Waals surface area contributed by atoms with Gasteiger partial charge in [-0.1, -0.05) is 11.6 Å². The van der Waals surface area contributed by atoms with Crippen molar-refractivity contribution < 1.29 is 4.92 Å². The second-order valence-corrected chi connectivity index (χ2v) is 3.86. The summed E-state index contributed by atoms with van der Waals surface area (Å²) in [5.41, 5.74) is 1.11. The predicted octanol–water partition coefficient (Wildman–Crippen LogP) is 3.21. The van der Waals surface area contributed by atoms with Gasteiger partial charge in [0.2, 0.25) is 0 Å². The summed E-state index contributed by atoms with van der Waals surface area (Å²) >= 11 is 5.82. The average Bonchev–Trinajstić information content (AvgIpc) is 2.37. The number of benzene rings is 1. The molecule has 0 spiro atoms. The second-order valence-electron chi connectivity index (χ2n) is 3.43. The molecular formula is C12H8ClN3O2. The molecule has 1 heterocycles. The molecule has 0 amide bonds. The molecule has 0 aliphatic carbocycles. The lowest BCUT2D eigenvalue weighted by molar-refractivity contribution is -0.385. The molecule has 1 aromatic heterocycles. The molecule has 0 aliphatic heterocycles. The van der Waals surface area contributed by atoms with Crippen LogP contribution in [0, 0.1) is 10.1 Å². The molecule has 6 heteroatoms. The number of rotatable bonds is 3. The summed E-state index contributed by atoms with van der Waals surface area (Å²) in [5.74, 6) is 0. The lowest BCUT2D eigenvalue weighted by Gasteiger charge is -1.98. The van der Waals surface area contributed by atoms with Gasteiger partial charge in [-0.05, 0) is 30.4 Å². The summed E-state index contributed by atoms with van der Waals surface area (Å²) < 4.78 is 0. The van der Waals surface area contributed by atoms with Gasteiger partial charge in [-0.15, -0.1) is 0 Å². The van der Waals surface area contributed by atoms with Crippen LogP contribution in [0.3, 0.4) is 0 Å². The van der Waals surface area contributed by atoms with Gasteiger partial charge in [-0.2, -0.15) is 0 Å². The van der Waals surface area contributed by atoms with Crippen molar-refractivity contribution in [3.63, 3.8) is 0 Å². The molecule has 18 heavy (non-hydrogen) atoms. The van der Waals surface area contributed by atoms with Crippen molar-refractivity contribution in [3.8, 4) is 0 Å². The lowest BCUT2D eigenvalue weighted by atomic mass is 10.1. The molecule has 0 saturated carbocycles. The van der Waals surface area contributed by atoms with Gasteiger partial charge in [-0.3, -0.25) is 10.1 Å². The van der Waals surface area contributed by atoms with Gasteiger partial charge in [0.25, 0.3) is 5.69 Å².